The summed E-state index contributed by atoms with van der Waals surface area (Å²) in [5.41, 5.74) is 0.774. The van der Waals surface area contributed by atoms with Crippen LogP contribution in [0, 0.1) is 46.3 Å². The van der Waals surface area contributed by atoms with Crippen molar-refractivity contribution in [3.8, 4) is 0 Å². The highest BCUT2D eigenvalue weighted by atomic mass is 16.6. The Kier molecular flexibility index (Phi) is 8.81. The van der Waals surface area contributed by atoms with Crippen LogP contribution in [0.15, 0.2) is 0 Å². The van der Waals surface area contributed by atoms with Gasteiger partial charge >= 0.3 is 5.97 Å². The number of fused-ring (bicyclic) bond motifs is 4. The number of epoxide rings is 1. The van der Waals surface area contributed by atoms with Crippen LogP contribution < -0.4 is 0 Å². The largest absolute Gasteiger partial charge is 0.465 e. The molecule has 1 heterocycles. The smallest absolute Gasteiger partial charge is 0.322 e. The van der Waals surface area contributed by atoms with Gasteiger partial charge in [0.2, 0.25) is 0 Å². The Labute approximate surface area is 237 Å². The fraction of sp³-hybridized carbons (Fsp3) is 0.970. The molecule has 39 heavy (non-hydrogen) atoms. The first-order valence-electron chi connectivity index (χ1n) is 16.4. The maximum Gasteiger partial charge on any atom is 0.322 e. The van der Waals surface area contributed by atoms with E-state index >= 15 is 0 Å². The number of esters is 1. The highest BCUT2D eigenvalue weighted by Crippen LogP contribution is 2.74. The molecule has 1 spiro atoms. The zero-order valence-corrected chi connectivity index (χ0v) is 25.8. The summed E-state index contributed by atoms with van der Waals surface area (Å²) in [4.78, 5) is 11.6. The van der Waals surface area contributed by atoms with Crippen LogP contribution in [0.2, 0.25) is 0 Å². The zero-order valence-electron chi connectivity index (χ0n) is 25.8. The first-order chi connectivity index (χ1) is 18.5. The lowest BCUT2D eigenvalue weighted by molar-refractivity contribution is -0.163. The van der Waals surface area contributed by atoms with E-state index in [4.69, 9.17) is 14.2 Å². The SMILES string of the molecule is CCOC(=O)CN(O)CCO[C@H]1CC[C@]2(C)[C@H]3CC[C@]4(C)[C@@H]([C@H](C)CCCC(C)C)CC[C@H]4[C@@H]3CC3OC32C1. The maximum absolute atomic E-state index is 11.6. The van der Waals surface area contributed by atoms with Gasteiger partial charge in [-0.2, -0.15) is 5.06 Å². The summed E-state index contributed by atoms with van der Waals surface area (Å²) in [7, 11) is 0. The van der Waals surface area contributed by atoms with Crippen molar-refractivity contribution in [1.29, 1.82) is 0 Å². The quantitative estimate of drug-likeness (QED) is 0.163. The second kappa shape index (κ2) is 11.5. The van der Waals surface area contributed by atoms with Gasteiger partial charge in [0.1, 0.15) is 12.1 Å². The van der Waals surface area contributed by atoms with E-state index in [9.17, 15) is 10.0 Å². The van der Waals surface area contributed by atoms with Gasteiger partial charge in [-0.3, -0.25) is 4.79 Å². The van der Waals surface area contributed by atoms with Gasteiger partial charge in [0.05, 0.1) is 25.4 Å². The van der Waals surface area contributed by atoms with Crippen molar-refractivity contribution in [2.45, 2.75) is 130 Å². The molecule has 0 aromatic heterocycles. The molecule has 0 aromatic carbocycles. The molecule has 1 aliphatic heterocycles. The molecule has 224 valence electrons. The number of hydrogen-bond donors (Lipinski definition) is 1. The van der Waals surface area contributed by atoms with Crippen LogP contribution in [0.1, 0.15) is 112 Å². The summed E-state index contributed by atoms with van der Waals surface area (Å²) in [6.07, 6.45) is 14.9. The van der Waals surface area contributed by atoms with E-state index in [0.717, 1.165) is 53.4 Å². The molecule has 4 aliphatic carbocycles. The van der Waals surface area contributed by atoms with Gasteiger partial charge in [-0.05, 0) is 92.8 Å². The first-order valence-corrected chi connectivity index (χ1v) is 16.4. The average Bonchev–Trinajstić information content (AvgIpc) is 3.44. The third-order valence-electron chi connectivity index (χ3n) is 12.6. The molecule has 10 atom stereocenters. The second-order valence-electron chi connectivity index (χ2n) is 15.0. The summed E-state index contributed by atoms with van der Waals surface area (Å²) >= 11 is 0. The van der Waals surface area contributed by atoms with E-state index in [1.165, 1.54) is 57.8 Å². The van der Waals surface area contributed by atoms with Crippen LogP contribution in [-0.4, -0.2) is 60.4 Å². The Balaban J connectivity index is 1.17. The minimum absolute atomic E-state index is 0.00317. The van der Waals surface area contributed by atoms with Gasteiger partial charge in [-0.25, -0.2) is 0 Å². The molecule has 2 unspecified atom stereocenters. The van der Waals surface area contributed by atoms with E-state index in [-0.39, 0.29) is 23.7 Å². The fourth-order valence-corrected chi connectivity index (χ4v) is 10.6. The molecular weight excluding hydrogens is 490 g/mol. The number of carbonyl (C=O) groups is 1. The van der Waals surface area contributed by atoms with Crippen LogP contribution in [0.5, 0.6) is 0 Å². The molecular formula is C33H57NO5. The first kappa shape index (κ1) is 29.8. The van der Waals surface area contributed by atoms with Gasteiger partial charge in [0.25, 0.3) is 0 Å². The summed E-state index contributed by atoms with van der Waals surface area (Å²) in [6.45, 7) is 15.2. The van der Waals surface area contributed by atoms with E-state index in [0.29, 0.717) is 31.3 Å². The van der Waals surface area contributed by atoms with Gasteiger partial charge in [0.15, 0.2) is 0 Å². The molecule has 6 nitrogen and oxygen atoms in total. The topological polar surface area (TPSA) is 71.5 Å². The van der Waals surface area contributed by atoms with E-state index < -0.39 is 5.97 Å². The van der Waals surface area contributed by atoms with E-state index in [1.54, 1.807) is 6.92 Å². The minimum Gasteiger partial charge on any atom is -0.465 e. The second-order valence-corrected chi connectivity index (χ2v) is 15.0. The molecule has 4 saturated carbocycles. The van der Waals surface area contributed by atoms with Crippen LogP contribution in [0.3, 0.4) is 0 Å². The number of hydrogen-bond acceptors (Lipinski definition) is 6. The number of carbonyl (C=O) groups excluding carboxylic acids is 1. The predicted molar refractivity (Wildman–Crippen MR) is 152 cm³/mol. The van der Waals surface area contributed by atoms with Gasteiger partial charge in [-0.1, -0.05) is 53.9 Å². The Hall–Kier alpha value is -0.690. The summed E-state index contributed by atoms with van der Waals surface area (Å²) < 4.78 is 17.9. The van der Waals surface area contributed by atoms with Crippen molar-refractivity contribution in [3.05, 3.63) is 0 Å². The van der Waals surface area contributed by atoms with Crippen molar-refractivity contribution in [2.75, 3.05) is 26.3 Å². The van der Waals surface area contributed by atoms with Gasteiger partial charge < -0.3 is 19.4 Å². The van der Waals surface area contributed by atoms with E-state index in [1.807, 2.05) is 0 Å². The van der Waals surface area contributed by atoms with E-state index in [2.05, 4.69) is 34.6 Å². The number of rotatable bonds is 12. The van der Waals surface area contributed by atoms with Crippen molar-refractivity contribution in [2.24, 2.45) is 46.3 Å². The third kappa shape index (κ3) is 5.46. The monoisotopic (exact) mass is 547 g/mol. The lowest BCUT2D eigenvalue weighted by Crippen LogP contribution is -2.59. The highest BCUT2D eigenvalue weighted by molar-refractivity contribution is 5.71. The van der Waals surface area contributed by atoms with Crippen LogP contribution in [0.25, 0.3) is 0 Å². The Morgan fingerprint density at radius 3 is 2.62 bits per heavy atom. The molecule has 5 fully saturated rings. The minimum atomic E-state index is -0.406. The average molecular weight is 548 g/mol. The van der Waals surface area contributed by atoms with Crippen molar-refractivity contribution >= 4 is 5.97 Å². The molecule has 1 saturated heterocycles. The van der Waals surface area contributed by atoms with Gasteiger partial charge in [0, 0.05) is 18.4 Å². The summed E-state index contributed by atoms with van der Waals surface area (Å²) in [6, 6.07) is 0. The molecule has 0 radical (unpaired) electrons. The van der Waals surface area contributed by atoms with Crippen LogP contribution >= 0.6 is 0 Å². The van der Waals surface area contributed by atoms with Crippen molar-refractivity contribution in [1.82, 2.24) is 5.06 Å². The molecule has 0 bridgehead atoms. The summed E-state index contributed by atoms with van der Waals surface area (Å²) in [5, 5.41) is 11.0. The van der Waals surface area contributed by atoms with Crippen molar-refractivity contribution in [3.63, 3.8) is 0 Å². The lowest BCUT2D eigenvalue weighted by atomic mass is 9.44. The third-order valence-corrected chi connectivity index (χ3v) is 12.6. The van der Waals surface area contributed by atoms with Gasteiger partial charge in [-0.15, -0.1) is 0 Å². The highest BCUT2D eigenvalue weighted by Gasteiger charge is 2.76. The molecule has 1 N–H and O–H groups in total. The fourth-order valence-electron chi connectivity index (χ4n) is 10.6. The van der Waals surface area contributed by atoms with Crippen molar-refractivity contribution < 1.29 is 24.2 Å². The Morgan fingerprint density at radius 2 is 1.87 bits per heavy atom. The molecule has 0 aromatic rings. The standard InChI is InChI=1S/C33H57NO5/c1-7-37-30(35)21-34(36)17-18-38-24-13-16-32(6)28-14-15-31(5)26(23(4)10-8-9-22(2)3)11-12-27(31)25(28)19-29-33(32,20-24)39-29/h22-29,36H,7-21H2,1-6H3/t23-,24+,25+,26-,27+,28+,29?,31-,32-,33?/m1/s1. The molecule has 0 amide bonds. The molecule has 6 heteroatoms. The van der Waals surface area contributed by atoms with Crippen LogP contribution in [-0.2, 0) is 19.0 Å². The summed E-state index contributed by atoms with van der Waals surface area (Å²) in [5.74, 6) is 4.64. The maximum atomic E-state index is 11.6. The Morgan fingerprint density at radius 1 is 1.08 bits per heavy atom. The molecule has 5 rings (SSSR count). The number of nitrogens with zero attached hydrogens (tertiary/aromatic N) is 1. The predicted octanol–water partition coefficient (Wildman–Crippen LogP) is 6.88. The van der Waals surface area contributed by atoms with Crippen LogP contribution in [0.4, 0.5) is 0 Å². The number of hydroxylamine groups is 2. The lowest BCUT2D eigenvalue weighted by Gasteiger charge is -2.59. The Bertz CT molecular complexity index is 865. The normalized spacial score (nSPS) is 43.4. The number of ether oxygens (including phenoxy) is 3. The zero-order chi connectivity index (χ0) is 28.0. The molecule has 5 aliphatic rings.